The molecule has 1 aromatic rings. The molecule has 2 aliphatic rings. The number of nitrogens with zero attached hydrogens (tertiary/aromatic N) is 2. The van der Waals surface area contributed by atoms with E-state index in [-0.39, 0.29) is 24.0 Å². The zero-order valence-electron chi connectivity index (χ0n) is 19.5. The Kier molecular flexibility index (Phi) is 11.4. The van der Waals surface area contributed by atoms with E-state index in [2.05, 4.69) is 53.6 Å². The van der Waals surface area contributed by atoms with Crippen LogP contribution in [0.25, 0.3) is 0 Å². The lowest BCUT2D eigenvalue weighted by atomic mass is 10.0. The van der Waals surface area contributed by atoms with Gasteiger partial charge >= 0.3 is 0 Å². The Labute approximate surface area is 205 Å². The van der Waals surface area contributed by atoms with Gasteiger partial charge < -0.3 is 20.1 Å². The summed E-state index contributed by atoms with van der Waals surface area (Å²) in [6, 6.07) is 8.86. The number of hydrogen-bond donors (Lipinski definition) is 2. The highest BCUT2D eigenvalue weighted by Gasteiger charge is 2.41. The highest BCUT2D eigenvalue weighted by molar-refractivity contribution is 14.0. The quantitative estimate of drug-likeness (QED) is 0.179. The minimum absolute atomic E-state index is 0. The van der Waals surface area contributed by atoms with Gasteiger partial charge in [-0.15, -0.1) is 24.0 Å². The SMILES string of the molecule is CCNC(=NCC1(CCOCC)CC1)NCC(c1ccc(OC)cc1)N1CCCC1.I. The first-order valence-electron chi connectivity index (χ1n) is 11.7. The van der Waals surface area contributed by atoms with Gasteiger partial charge in [-0.3, -0.25) is 9.89 Å². The Morgan fingerprint density at radius 1 is 1.13 bits per heavy atom. The molecule has 1 saturated heterocycles. The lowest BCUT2D eigenvalue weighted by Gasteiger charge is -2.29. The molecule has 1 saturated carbocycles. The summed E-state index contributed by atoms with van der Waals surface area (Å²) >= 11 is 0. The average molecular weight is 545 g/mol. The topological polar surface area (TPSA) is 58.1 Å². The van der Waals surface area contributed by atoms with Crippen LogP contribution in [0.3, 0.4) is 0 Å². The summed E-state index contributed by atoms with van der Waals surface area (Å²) in [5.41, 5.74) is 1.69. The van der Waals surface area contributed by atoms with Crippen molar-refractivity contribution in [3.05, 3.63) is 29.8 Å². The second-order valence-corrected chi connectivity index (χ2v) is 8.56. The first-order valence-corrected chi connectivity index (χ1v) is 11.7. The monoisotopic (exact) mass is 544 g/mol. The Balaban J connectivity index is 0.00000341. The van der Waals surface area contributed by atoms with Crippen LogP contribution in [0.1, 0.15) is 57.6 Å². The van der Waals surface area contributed by atoms with Crippen molar-refractivity contribution in [2.75, 3.05) is 53.0 Å². The third kappa shape index (κ3) is 8.09. The number of hydrogen-bond acceptors (Lipinski definition) is 4. The van der Waals surface area contributed by atoms with Gasteiger partial charge in [-0.1, -0.05) is 12.1 Å². The lowest BCUT2D eigenvalue weighted by molar-refractivity contribution is 0.129. The third-order valence-electron chi connectivity index (χ3n) is 6.40. The fourth-order valence-electron chi connectivity index (χ4n) is 4.22. The minimum Gasteiger partial charge on any atom is -0.497 e. The first-order chi connectivity index (χ1) is 14.7. The largest absolute Gasteiger partial charge is 0.497 e. The van der Waals surface area contributed by atoms with Crippen LogP contribution in [-0.4, -0.2) is 63.9 Å². The van der Waals surface area contributed by atoms with E-state index in [1.54, 1.807) is 7.11 Å². The molecule has 176 valence electrons. The zero-order chi connectivity index (χ0) is 21.2. The van der Waals surface area contributed by atoms with Crippen LogP contribution >= 0.6 is 24.0 Å². The molecule has 1 heterocycles. The van der Waals surface area contributed by atoms with Gasteiger partial charge in [-0.2, -0.15) is 0 Å². The molecular formula is C24H41IN4O2. The van der Waals surface area contributed by atoms with Crippen LogP contribution in [0.15, 0.2) is 29.3 Å². The molecule has 1 unspecified atom stereocenters. The predicted molar refractivity (Wildman–Crippen MR) is 139 cm³/mol. The number of halogens is 1. The van der Waals surface area contributed by atoms with Crippen LogP contribution in [-0.2, 0) is 4.74 Å². The van der Waals surface area contributed by atoms with Crippen LogP contribution in [0, 0.1) is 5.41 Å². The van der Waals surface area contributed by atoms with E-state index in [1.165, 1.54) is 31.2 Å². The molecule has 0 radical (unpaired) electrons. The van der Waals surface area contributed by atoms with E-state index in [4.69, 9.17) is 14.5 Å². The van der Waals surface area contributed by atoms with Crippen molar-refractivity contribution < 1.29 is 9.47 Å². The van der Waals surface area contributed by atoms with Crippen molar-refractivity contribution in [1.29, 1.82) is 0 Å². The maximum absolute atomic E-state index is 5.57. The van der Waals surface area contributed by atoms with Crippen LogP contribution in [0.5, 0.6) is 5.75 Å². The summed E-state index contributed by atoms with van der Waals surface area (Å²) in [7, 11) is 1.72. The van der Waals surface area contributed by atoms with E-state index < -0.39 is 0 Å². The number of methoxy groups -OCH3 is 1. The van der Waals surface area contributed by atoms with Gasteiger partial charge in [0.25, 0.3) is 0 Å². The van der Waals surface area contributed by atoms with Gasteiger partial charge in [0.2, 0.25) is 0 Å². The fourth-order valence-corrected chi connectivity index (χ4v) is 4.22. The summed E-state index contributed by atoms with van der Waals surface area (Å²) in [6.07, 6.45) is 6.22. The highest BCUT2D eigenvalue weighted by Crippen LogP contribution is 2.49. The maximum atomic E-state index is 5.57. The number of rotatable bonds is 12. The zero-order valence-corrected chi connectivity index (χ0v) is 21.8. The Morgan fingerprint density at radius 3 is 2.42 bits per heavy atom. The van der Waals surface area contributed by atoms with Gasteiger partial charge in [0.15, 0.2) is 5.96 Å². The summed E-state index contributed by atoms with van der Waals surface area (Å²) < 4.78 is 10.9. The molecule has 1 aliphatic heterocycles. The summed E-state index contributed by atoms with van der Waals surface area (Å²) in [6.45, 7) is 10.8. The molecule has 0 spiro atoms. The summed E-state index contributed by atoms with van der Waals surface area (Å²) in [5.74, 6) is 1.83. The molecular weight excluding hydrogens is 503 g/mol. The third-order valence-corrected chi connectivity index (χ3v) is 6.40. The van der Waals surface area contributed by atoms with E-state index in [0.717, 1.165) is 64.1 Å². The van der Waals surface area contributed by atoms with Crippen molar-refractivity contribution in [2.45, 2.75) is 52.0 Å². The summed E-state index contributed by atoms with van der Waals surface area (Å²) in [4.78, 5) is 7.53. The molecule has 0 bridgehead atoms. The smallest absolute Gasteiger partial charge is 0.191 e. The Bertz CT molecular complexity index is 658. The molecule has 1 aromatic carbocycles. The number of aliphatic imine (C=N–C) groups is 1. The van der Waals surface area contributed by atoms with Crippen molar-refractivity contribution in [3.8, 4) is 5.75 Å². The number of nitrogens with one attached hydrogen (secondary N) is 2. The van der Waals surface area contributed by atoms with Gasteiger partial charge in [-0.25, -0.2) is 0 Å². The Hall–Kier alpha value is -1.06. The number of benzene rings is 1. The van der Waals surface area contributed by atoms with Crippen LogP contribution in [0.4, 0.5) is 0 Å². The van der Waals surface area contributed by atoms with Crippen molar-refractivity contribution in [2.24, 2.45) is 10.4 Å². The average Bonchev–Trinajstić information content (AvgIpc) is 3.33. The molecule has 3 rings (SSSR count). The van der Waals surface area contributed by atoms with Crippen molar-refractivity contribution in [1.82, 2.24) is 15.5 Å². The number of ether oxygens (including phenoxy) is 2. The molecule has 1 atom stereocenters. The van der Waals surface area contributed by atoms with Gasteiger partial charge in [-0.05, 0) is 82.2 Å². The Morgan fingerprint density at radius 2 is 1.84 bits per heavy atom. The van der Waals surface area contributed by atoms with Gasteiger partial charge in [0, 0.05) is 32.8 Å². The molecule has 31 heavy (non-hydrogen) atoms. The molecule has 7 heteroatoms. The van der Waals surface area contributed by atoms with Gasteiger partial charge in [0.05, 0.1) is 13.2 Å². The molecule has 2 N–H and O–H groups in total. The minimum atomic E-state index is 0. The van der Waals surface area contributed by atoms with Crippen molar-refractivity contribution >= 4 is 29.9 Å². The van der Waals surface area contributed by atoms with Crippen LogP contribution < -0.4 is 15.4 Å². The molecule has 6 nitrogen and oxygen atoms in total. The molecule has 0 aromatic heterocycles. The molecule has 1 aliphatic carbocycles. The normalized spacial score (nSPS) is 18.9. The van der Waals surface area contributed by atoms with Crippen LogP contribution in [0.2, 0.25) is 0 Å². The molecule has 0 amide bonds. The highest BCUT2D eigenvalue weighted by atomic mass is 127. The summed E-state index contributed by atoms with van der Waals surface area (Å²) in [5, 5.41) is 7.06. The predicted octanol–water partition coefficient (Wildman–Crippen LogP) is 4.21. The van der Waals surface area contributed by atoms with E-state index in [9.17, 15) is 0 Å². The second kappa shape index (κ2) is 13.5. The number of likely N-dealkylation sites (tertiary alicyclic amines) is 1. The number of guanidine groups is 1. The van der Waals surface area contributed by atoms with E-state index in [1.807, 2.05) is 0 Å². The fraction of sp³-hybridized carbons (Fsp3) is 0.708. The van der Waals surface area contributed by atoms with Crippen molar-refractivity contribution in [3.63, 3.8) is 0 Å². The standard InChI is InChI=1S/C24H40N4O2.HI/c1-4-25-23(27-19-24(12-13-24)14-17-30-5-2)26-18-22(28-15-6-7-16-28)20-8-10-21(29-3)11-9-20;/h8-11,22H,4-7,12-19H2,1-3H3,(H2,25,26,27);1H. The first kappa shape index (κ1) is 26.2. The second-order valence-electron chi connectivity index (χ2n) is 8.56. The van der Waals surface area contributed by atoms with E-state index >= 15 is 0 Å². The maximum Gasteiger partial charge on any atom is 0.191 e. The van der Waals surface area contributed by atoms with E-state index in [0.29, 0.717) is 11.5 Å². The lowest BCUT2D eigenvalue weighted by Crippen LogP contribution is -2.43. The molecule has 2 fully saturated rings. The van der Waals surface area contributed by atoms with Gasteiger partial charge in [0.1, 0.15) is 5.75 Å².